The van der Waals surface area contributed by atoms with Crippen LogP contribution in [-0.4, -0.2) is 27.1 Å². The van der Waals surface area contributed by atoms with E-state index < -0.39 is 11.7 Å². The molecule has 1 saturated carbocycles. The van der Waals surface area contributed by atoms with Crippen molar-refractivity contribution in [1.82, 2.24) is 9.97 Å². The van der Waals surface area contributed by atoms with Gasteiger partial charge in [-0.05, 0) is 56.0 Å². The minimum Gasteiger partial charge on any atom is -0.507 e. The molecule has 1 heterocycles. The second kappa shape index (κ2) is 8.25. The minimum atomic E-state index is -0.689. The lowest BCUT2D eigenvalue weighted by atomic mass is 9.92. The predicted molar refractivity (Wildman–Crippen MR) is 108 cm³/mol. The number of carbonyl (C=O) groups excluding carboxylic acids is 1. The van der Waals surface area contributed by atoms with Gasteiger partial charge in [0.1, 0.15) is 17.3 Å². The number of anilines is 1. The van der Waals surface area contributed by atoms with Crippen molar-refractivity contribution >= 4 is 11.9 Å². The number of nitrogens with zero attached hydrogens (tertiary/aromatic N) is 2. The Bertz CT molecular complexity index is 1120. The molecule has 3 aromatic rings. The van der Waals surface area contributed by atoms with Crippen molar-refractivity contribution < 1.29 is 19.0 Å². The number of halogens is 1. The Kier molecular flexibility index (Phi) is 5.35. The maximum atomic E-state index is 14.2. The minimum absolute atomic E-state index is 0.0162. The average Bonchev–Trinajstić information content (AvgIpc) is 3.43. The van der Waals surface area contributed by atoms with Gasteiger partial charge in [0.2, 0.25) is 5.95 Å². The number of carbonyl (C=O) groups is 1. The number of hydrogen-bond acceptors (Lipinski definition) is 5. The molecule has 1 amide bonds. The van der Waals surface area contributed by atoms with Crippen molar-refractivity contribution in [2.24, 2.45) is 0 Å². The lowest BCUT2D eigenvalue weighted by Crippen LogP contribution is -2.16. The second-order valence-electron chi connectivity index (χ2n) is 7.05. The van der Waals surface area contributed by atoms with E-state index in [4.69, 9.17) is 4.74 Å². The molecule has 152 valence electrons. The number of nitriles is 1. The van der Waals surface area contributed by atoms with E-state index in [-0.39, 0.29) is 40.1 Å². The second-order valence-corrected chi connectivity index (χ2v) is 7.05. The van der Waals surface area contributed by atoms with Crippen LogP contribution in [0.2, 0.25) is 0 Å². The van der Waals surface area contributed by atoms with Gasteiger partial charge in [-0.25, -0.2) is 9.37 Å². The quantitative estimate of drug-likeness (QED) is 0.583. The fourth-order valence-electron chi connectivity index (χ4n) is 3.68. The van der Waals surface area contributed by atoms with E-state index >= 15 is 0 Å². The smallest absolute Gasteiger partial charge is 0.262 e. The number of nitrogens with one attached hydrogen (secondary N) is 2. The first-order valence-corrected chi connectivity index (χ1v) is 9.60. The molecule has 30 heavy (non-hydrogen) atoms. The molecule has 0 aliphatic heterocycles. The third kappa shape index (κ3) is 3.82. The van der Waals surface area contributed by atoms with Gasteiger partial charge in [-0.1, -0.05) is 0 Å². The van der Waals surface area contributed by atoms with Crippen LogP contribution in [0.5, 0.6) is 11.5 Å². The van der Waals surface area contributed by atoms with Crippen molar-refractivity contribution in [2.45, 2.75) is 31.8 Å². The Morgan fingerprint density at radius 3 is 2.80 bits per heavy atom. The molecular formula is C22H19FN4O3. The van der Waals surface area contributed by atoms with Crippen LogP contribution in [0.15, 0.2) is 42.7 Å². The van der Waals surface area contributed by atoms with Gasteiger partial charge >= 0.3 is 0 Å². The molecule has 8 heteroatoms. The summed E-state index contributed by atoms with van der Waals surface area (Å²) in [5.41, 5.74) is 0.291. The van der Waals surface area contributed by atoms with Crippen LogP contribution in [-0.2, 0) is 0 Å². The number of benzene rings is 2. The molecule has 7 nitrogen and oxygen atoms in total. The van der Waals surface area contributed by atoms with Crippen LogP contribution in [0.1, 0.15) is 41.6 Å². The van der Waals surface area contributed by atoms with Gasteiger partial charge in [0.05, 0.1) is 23.3 Å². The van der Waals surface area contributed by atoms with Crippen LogP contribution in [0.3, 0.4) is 0 Å². The summed E-state index contributed by atoms with van der Waals surface area (Å²) < 4.78 is 20.3. The first kappa shape index (κ1) is 19.5. The lowest BCUT2D eigenvalue weighted by Gasteiger charge is -2.19. The molecule has 0 radical (unpaired) electrons. The zero-order valence-electron chi connectivity index (χ0n) is 16.0. The molecule has 1 aliphatic rings. The number of imidazole rings is 1. The third-order valence-corrected chi connectivity index (χ3v) is 5.07. The summed E-state index contributed by atoms with van der Waals surface area (Å²) in [5, 5.41) is 22.7. The number of aromatic nitrogens is 2. The standard InChI is InChI=1S/C22H19FN4O3/c23-14-6-8-18(30-15-3-1-2-4-15)16(11-14)19-13(12-24)5-7-17(28)20(19)21(29)27-22-25-9-10-26-22/h5-11,15,28H,1-4H2,(H2,25,26,27,29). The van der Waals surface area contributed by atoms with E-state index in [1.165, 1.54) is 42.7 Å². The van der Waals surface area contributed by atoms with Gasteiger partial charge in [-0.2, -0.15) is 5.26 Å². The molecule has 1 aliphatic carbocycles. The number of rotatable bonds is 5. The Morgan fingerprint density at radius 2 is 2.10 bits per heavy atom. The van der Waals surface area contributed by atoms with Crippen LogP contribution in [0.4, 0.5) is 10.3 Å². The van der Waals surface area contributed by atoms with E-state index in [9.17, 15) is 19.6 Å². The van der Waals surface area contributed by atoms with Crippen molar-refractivity contribution in [2.75, 3.05) is 5.32 Å². The van der Waals surface area contributed by atoms with Crippen LogP contribution in [0.25, 0.3) is 11.1 Å². The average molecular weight is 406 g/mol. The molecule has 0 spiro atoms. The van der Waals surface area contributed by atoms with Gasteiger partial charge in [-0.15, -0.1) is 0 Å². The maximum absolute atomic E-state index is 14.2. The van der Waals surface area contributed by atoms with Gasteiger partial charge < -0.3 is 14.8 Å². The van der Waals surface area contributed by atoms with Gasteiger partial charge in [-0.3, -0.25) is 10.1 Å². The Morgan fingerprint density at radius 1 is 1.30 bits per heavy atom. The summed E-state index contributed by atoms with van der Waals surface area (Å²) in [4.78, 5) is 19.6. The Balaban J connectivity index is 1.85. The molecule has 0 atom stereocenters. The molecular weight excluding hydrogens is 387 g/mol. The monoisotopic (exact) mass is 406 g/mol. The Labute approximate surface area is 172 Å². The zero-order valence-corrected chi connectivity index (χ0v) is 16.0. The molecule has 1 fully saturated rings. The van der Waals surface area contributed by atoms with Crippen molar-refractivity contribution in [3.8, 4) is 28.7 Å². The van der Waals surface area contributed by atoms with E-state index in [0.717, 1.165) is 25.7 Å². The maximum Gasteiger partial charge on any atom is 0.262 e. The van der Waals surface area contributed by atoms with Crippen LogP contribution < -0.4 is 10.1 Å². The molecule has 3 N–H and O–H groups in total. The number of ether oxygens (including phenoxy) is 1. The molecule has 0 bridgehead atoms. The van der Waals surface area contributed by atoms with Gasteiger partial charge in [0, 0.05) is 23.5 Å². The van der Waals surface area contributed by atoms with E-state index in [1.807, 2.05) is 6.07 Å². The number of aromatic amines is 1. The number of hydrogen-bond donors (Lipinski definition) is 3. The molecule has 4 rings (SSSR count). The Hall–Kier alpha value is -3.86. The lowest BCUT2D eigenvalue weighted by molar-refractivity contribution is 0.102. The number of phenolic OH excluding ortho intramolecular Hbond substituents is 1. The highest BCUT2D eigenvalue weighted by molar-refractivity contribution is 6.11. The van der Waals surface area contributed by atoms with Crippen LogP contribution >= 0.6 is 0 Å². The van der Waals surface area contributed by atoms with E-state index in [2.05, 4.69) is 15.3 Å². The summed E-state index contributed by atoms with van der Waals surface area (Å²) in [6.45, 7) is 0. The molecule has 1 aromatic heterocycles. The SMILES string of the molecule is N#Cc1ccc(O)c(C(=O)Nc2ncc[nH]2)c1-c1cc(F)ccc1OC1CCCC1. The summed E-state index contributed by atoms with van der Waals surface area (Å²) >= 11 is 0. The summed E-state index contributed by atoms with van der Waals surface area (Å²) in [6.07, 6.45) is 6.84. The summed E-state index contributed by atoms with van der Waals surface area (Å²) in [5.74, 6) is -1.05. The number of phenols is 1. The highest BCUT2D eigenvalue weighted by Crippen LogP contribution is 2.40. The summed E-state index contributed by atoms with van der Waals surface area (Å²) in [7, 11) is 0. The largest absolute Gasteiger partial charge is 0.507 e. The topological polar surface area (TPSA) is 111 Å². The highest BCUT2D eigenvalue weighted by atomic mass is 19.1. The highest BCUT2D eigenvalue weighted by Gasteiger charge is 2.26. The third-order valence-electron chi connectivity index (χ3n) is 5.07. The number of aromatic hydroxyl groups is 1. The van der Waals surface area contributed by atoms with Gasteiger partial charge in [0.15, 0.2) is 0 Å². The van der Waals surface area contributed by atoms with Crippen molar-refractivity contribution in [3.63, 3.8) is 0 Å². The predicted octanol–water partition coefficient (Wildman–Crippen LogP) is 4.37. The number of amides is 1. The van der Waals surface area contributed by atoms with E-state index in [1.54, 1.807) is 0 Å². The fraction of sp³-hybridized carbons (Fsp3) is 0.227. The van der Waals surface area contributed by atoms with E-state index in [0.29, 0.717) is 5.75 Å². The molecule has 2 aromatic carbocycles. The zero-order chi connectivity index (χ0) is 21.1. The fourth-order valence-corrected chi connectivity index (χ4v) is 3.68. The van der Waals surface area contributed by atoms with Gasteiger partial charge in [0.25, 0.3) is 5.91 Å². The summed E-state index contributed by atoms with van der Waals surface area (Å²) in [6, 6.07) is 8.64. The molecule has 0 unspecified atom stereocenters. The van der Waals surface area contributed by atoms with Crippen molar-refractivity contribution in [1.29, 1.82) is 5.26 Å². The van der Waals surface area contributed by atoms with Crippen molar-refractivity contribution in [3.05, 3.63) is 59.7 Å². The first-order valence-electron chi connectivity index (χ1n) is 9.60. The normalized spacial score (nSPS) is 13.7. The number of H-pyrrole nitrogens is 1. The van der Waals surface area contributed by atoms with Crippen LogP contribution in [0, 0.1) is 17.1 Å². The molecule has 0 saturated heterocycles. The first-order chi connectivity index (χ1) is 14.6.